The lowest BCUT2D eigenvalue weighted by Gasteiger charge is -2.04. The van der Waals surface area contributed by atoms with Crippen molar-refractivity contribution in [2.75, 3.05) is 13.2 Å². The van der Waals surface area contributed by atoms with E-state index in [2.05, 4.69) is 10.1 Å². The number of carbonyl (C=O) groups excluding carboxylic acids is 3. The third kappa shape index (κ3) is 5.81. The summed E-state index contributed by atoms with van der Waals surface area (Å²) in [6, 6.07) is 8.73. The van der Waals surface area contributed by atoms with Crippen molar-refractivity contribution in [3.63, 3.8) is 0 Å². The van der Waals surface area contributed by atoms with E-state index in [1.165, 1.54) is 0 Å². The smallest absolute Gasteiger partial charge is 0.313 e. The van der Waals surface area contributed by atoms with E-state index < -0.39 is 5.97 Å². The van der Waals surface area contributed by atoms with E-state index in [4.69, 9.17) is 0 Å². The molecule has 0 aliphatic heterocycles. The van der Waals surface area contributed by atoms with Crippen molar-refractivity contribution in [2.45, 2.75) is 19.8 Å². The highest BCUT2D eigenvalue weighted by Crippen LogP contribution is 1.98. The summed E-state index contributed by atoms with van der Waals surface area (Å²) < 4.78 is 4.66. The van der Waals surface area contributed by atoms with Crippen molar-refractivity contribution in [2.24, 2.45) is 0 Å². The van der Waals surface area contributed by atoms with Crippen molar-refractivity contribution in [1.29, 1.82) is 0 Å². The summed E-state index contributed by atoms with van der Waals surface area (Å²) in [5, 5.41) is 2.62. The van der Waals surface area contributed by atoms with Gasteiger partial charge in [-0.15, -0.1) is 0 Å². The molecule has 0 bridgehead atoms. The minimum atomic E-state index is -0.526. The van der Waals surface area contributed by atoms with Crippen LogP contribution in [-0.2, 0) is 14.3 Å². The maximum atomic E-state index is 11.6. The van der Waals surface area contributed by atoms with Gasteiger partial charge in [-0.25, -0.2) is 0 Å². The van der Waals surface area contributed by atoms with Crippen molar-refractivity contribution in [3.8, 4) is 0 Å². The van der Waals surface area contributed by atoms with Crippen LogP contribution in [0.1, 0.15) is 30.1 Å². The molecule has 0 spiro atoms. The van der Waals surface area contributed by atoms with Gasteiger partial charge in [0.2, 0.25) is 0 Å². The number of amides is 1. The Bertz CT molecular complexity index is 442. The monoisotopic (exact) mass is 263 g/mol. The Labute approximate surface area is 111 Å². The quantitative estimate of drug-likeness (QED) is 0.595. The first-order chi connectivity index (χ1) is 9.13. The summed E-state index contributed by atoms with van der Waals surface area (Å²) in [4.78, 5) is 34.1. The number of Topliss-reactive ketones (excluding diaryl/α,β-unsaturated/α-hetero) is 1. The predicted octanol–water partition coefficient (Wildman–Crippen LogP) is 1.33. The Hall–Kier alpha value is -2.17. The van der Waals surface area contributed by atoms with Gasteiger partial charge in [-0.1, -0.05) is 18.2 Å². The van der Waals surface area contributed by atoms with Crippen LogP contribution in [0.15, 0.2) is 30.3 Å². The largest absolute Gasteiger partial charge is 0.466 e. The SMILES string of the molecule is CCOC(=O)CC(=O)CCNC(=O)c1ccccc1. The number of carbonyl (C=O) groups is 3. The van der Waals surface area contributed by atoms with E-state index in [0.717, 1.165) is 0 Å². The summed E-state index contributed by atoms with van der Waals surface area (Å²) in [5.41, 5.74) is 0.542. The molecule has 102 valence electrons. The molecule has 1 rings (SSSR count). The van der Waals surface area contributed by atoms with Crippen LogP contribution in [0, 0.1) is 0 Å². The molecule has 1 aromatic carbocycles. The standard InChI is InChI=1S/C14H17NO4/c1-2-19-13(17)10-12(16)8-9-15-14(18)11-6-4-3-5-7-11/h3-7H,2,8-10H2,1H3,(H,15,18). The molecule has 0 atom stereocenters. The van der Waals surface area contributed by atoms with Crippen LogP contribution in [0.4, 0.5) is 0 Å². The molecule has 5 nitrogen and oxygen atoms in total. The molecule has 0 heterocycles. The summed E-state index contributed by atoms with van der Waals surface area (Å²) >= 11 is 0. The van der Waals surface area contributed by atoms with Gasteiger partial charge in [0, 0.05) is 18.5 Å². The van der Waals surface area contributed by atoms with Crippen LogP contribution >= 0.6 is 0 Å². The molecular weight excluding hydrogens is 246 g/mol. The second-order valence-electron chi connectivity index (χ2n) is 3.89. The number of benzene rings is 1. The predicted molar refractivity (Wildman–Crippen MR) is 69.6 cm³/mol. The molecule has 1 aromatic rings. The van der Waals surface area contributed by atoms with E-state index in [1.807, 2.05) is 6.07 Å². The fourth-order valence-corrected chi connectivity index (χ4v) is 1.47. The minimum absolute atomic E-state index is 0.122. The third-order valence-electron chi connectivity index (χ3n) is 2.37. The number of hydrogen-bond donors (Lipinski definition) is 1. The fraction of sp³-hybridized carbons (Fsp3) is 0.357. The Morgan fingerprint density at radius 1 is 1.16 bits per heavy atom. The van der Waals surface area contributed by atoms with E-state index in [1.54, 1.807) is 31.2 Å². The topological polar surface area (TPSA) is 72.5 Å². The number of ether oxygens (including phenoxy) is 1. The summed E-state index contributed by atoms with van der Waals surface area (Å²) in [7, 11) is 0. The number of hydrogen-bond acceptors (Lipinski definition) is 4. The zero-order valence-corrected chi connectivity index (χ0v) is 10.8. The molecule has 0 fully saturated rings. The lowest BCUT2D eigenvalue weighted by atomic mass is 10.2. The van der Waals surface area contributed by atoms with Crippen molar-refractivity contribution < 1.29 is 19.1 Å². The molecule has 0 saturated carbocycles. The number of esters is 1. The highest BCUT2D eigenvalue weighted by atomic mass is 16.5. The van der Waals surface area contributed by atoms with Gasteiger partial charge in [-0.2, -0.15) is 0 Å². The molecule has 19 heavy (non-hydrogen) atoms. The van der Waals surface area contributed by atoms with Gasteiger partial charge in [0.25, 0.3) is 5.91 Å². The molecule has 0 unspecified atom stereocenters. The minimum Gasteiger partial charge on any atom is -0.466 e. The van der Waals surface area contributed by atoms with Crippen LogP contribution in [0.25, 0.3) is 0 Å². The lowest BCUT2D eigenvalue weighted by Crippen LogP contribution is -2.26. The van der Waals surface area contributed by atoms with E-state index in [-0.39, 0.29) is 37.7 Å². The first kappa shape index (κ1) is 14.9. The second kappa shape index (κ2) is 8.02. The fourth-order valence-electron chi connectivity index (χ4n) is 1.47. The van der Waals surface area contributed by atoms with Crippen LogP contribution in [0.3, 0.4) is 0 Å². The molecule has 5 heteroatoms. The summed E-state index contributed by atoms with van der Waals surface area (Å²) in [5.74, 6) is -1.00. The highest BCUT2D eigenvalue weighted by Gasteiger charge is 2.11. The third-order valence-corrected chi connectivity index (χ3v) is 2.37. The van der Waals surface area contributed by atoms with Crippen molar-refractivity contribution in [1.82, 2.24) is 5.32 Å². The second-order valence-corrected chi connectivity index (χ2v) is 3.89. The molecule has 1 N–H and O–H groups in total. The zero-order valence-electron chi connectivity index (χ0n) is 10.8. The van der Waals surface area contributed by atoms with Crippen LogP contribution < -0.4 is 5.32 Å². The van der Waals surface area contributed by atoms with Crippen molar-refractivity contribution >= 4 is 17.7 Å². The van der Waals surface area contributed by atoms with Gasteiger partial charge in [0.05, 0.1) is 6.61 Å². The van der Waals surface area contributed by atoms with Gasteiger partial charge < -0.3 is 10.1 Å². The Morgan fingerprint density at radius 2 is 1.84 bits per heavy atom. The molecule has 0 aliphatic rings. The van der Waals surface area contributed by atoms with Crippen molar-refractivity contribution in [3.05, 3.63) is 35.9 Å². The van der Waals surface area contributed by atoms with E-state index in [9.17, 15) is 14.4 Å². The van der Waals surface area contributed by atoms with E-state index in [0.29, 0.717) is 5.56 Å². The maximum absolute atomic E-state index is 11.6. The number of rotatable bonds is 7. The van der Waals surface area contributed by atoms with Crippen LogP contribution in [0.2, 0.25) is 0 Å². The lowest BCUT2D eigenvalue weighted by molar-refractivity contribution is -0.145. The summed E-state index contributed by atoms with van der Waals surface area (Å²) in [6.45, 7) is 2.16. The normalized spacial score (nSPS) is 9.74. The van der Waals surface area contributed by atoms with Crippen LogP contribution in [0.5, 0.6) is 0 Å². The van der Waals surface area contributed by atoms with Gasteiger partial charge in [0.15, 0.2) is 0 Å². The Morgan fingerprint density at radius 3 is 2.47 bits per heavy atom. The Kier molecular flexibility index (Phi) is 6.29. The molecule has 0 aromatic heterocycles. The summed E-state index contributed by atoms with van der Waals surface area (Å²) in [6.07, 6.45) is -0.119. The number of nitrogens with one attached hydrogen (secondary N) is 1. The van der Waals surface area contributed by atoms with Crippen LogP contribution in [-0.4, -0.2) is 30.8 Å². The maximum Gasteiger partial charge on any atom is 0.313 e. The molecule has 0 radical (unpaired) electrons. The van der Waals surface area contributed by atoms with Gasteiger partial charge in [0.1, 0.15) is 12.2 Å². The molecule has 0 aliphatic carbocycles. The average molecular weight is 263 g/mol. The first-order valence-corrected chi connectivity index (χ1v) is 6.14. The zero-order chi connectivity index (χ0) is 14.1. The number of ketones is 1. The van der Waals surface area contributed by atoms with Gasteiger partial charge in [-0.3, -0.25) is 14.4 Å². The molecular formula is C14H17NO4. The highest BCUT2D eigenvalue weighted by molar-refractivity contribution is 5.96. The molecule has 1 amide bonds. The van der Waals surface area contributed by atoms with E-state index >= 15 is 0 Å². The molecule has 0 saturated heterocycles. The first-order valence-electron chi connectivity index (χ1n) is 6.14. The van der Waals surface area contributed by atoms with Gasteiger partial charge in [-0.05, 0) is 19.1 Å². The average Bonchev–Trinajstić information content (AvgIpc) is 2.39. The van der Waals surface area contributed by atoms with Gasteiger partial charge >= 0.3 is 5.97 Å². The Balaban J connectivity index is 2.25.